The number of carbonyl (C=O) groups is 1. The molecule has 1 N–H and O–H groups in total. The first-order chi connectivity index (χ1) is 13.2. The quantitative estimate of drug-likeness (QED) is 0.789. The molecular formula is C20H24N4O3. The molecule has 2 aromatic rings. The summed E-state index contributed by atoms with van der Waals surface area (Å²) in [5.41, 5.74) is 0.830. The maximum Gasteiger partial charge on any atom is 0.316 e. The van der Waals surface area contributed by atoms with E-state index in [9.17, 15) is 4.79 Å². The van der Waals surface area contributed by atoms with Crippen LogP contribution in [-0.2, 0) is 4.74 Å². The zero-order valence-corrected chi connectivity index (χ0v) is 15.3. The van der Waals surface area contributed by atoms with E-state index < -0.39 is 0 Å². The van der Waals surface area contributed by atoms with Crippen LogP contribution >= 0.6 is 0 Å². The third kappa shape index (κ3) is 3.36. The smallest absolute Gasteiger partial charge is 0.316 e. The van der Waals surface area contributed by atoms with Crippen LogP contribution in [0, 0.1) is 17.8 Å². The second-order valence-electron chi connectivity index (χ2n) is 8.36. The topological polar surface area (TPSA) is 90.1 Å². The predicted octanol–water partition coefficient (Wildman–Crippen LogP) is 2.85. The SMILES string of the molecule is O=C(NCCOC12CC3CC(CC(C3)C1)C2)c1nc(-c2ccncc2)no1. The lowest BCUT2D eigenvalue weighted by Crippen LogP contribution is -2.52. The van der Waals surface area contributed by atoms with Gasteiger partial charge in [0.1, 0.15) is 0 Å². The molecule has 0 spiro atoms. The number of rotatable bonds is 6. The molecule has 2 aromatic heterocycles. The molecule has 142 valence electrons. The molecule has 4 aliphatic rings. The first kappa shape index (κ1) is 16.9. The van der Waals surface area contributed by atoms with E-state index in [1.807, 2.05) is 0 Å². The van der Waals surface area contributed by atoms with Crippen LogP contribution in [0.2, 0.25) is 0 Å². The second-order valence-corrected chi connectivity index (χ2v) is 8.36. The van der Waals surface area contributed by atoms with Gasteiger partial charge in [-0.05, 0) is 68.4 Å². The van der Waals surface area contributed by atoms with Crippen molar-refractivity contribution in [3.8, 4) is 11.4 Å². The lowest BCUT2D eigenvalue weighted by Gasteiger charge is -2.56. The third-order valence-electron chi connectivity index (χ3n) is 6.34. The van der Waals surface area contributed by atoms with Gasteiger partial charge in [-0.3, -0.25) is 9.78 Å². The Bertz CT molecular complexity index is 784. The number of hydrogen-bond acceptors (Lipinski definition) is 6. The number of amides is 1. The Morgan fingerprint density at radius 1 is 1.15 bits per heavy atom. The summed E-state index contributed by atoms with van der Waals surface area (Å²) in [6, 6.07) is 3.54. The van der Waals surface area contributed by atoms with E-state index in [0.29, 0.717) is 19.0 Å². The van der Waals surface area contributed by atoms with Crippen molar-refractivity contribution in [1.82, 2.24) is 20.4 Å². The van der Waals surface area contributed by atoms with Gasteiger partial charge >= 0.3 is 11.8 Å². The first-order valence-corrected chi connectivity index (χ1v) is 9.85. The molecule has 7 heteroatoms. The summed E-state index contributed by atoms with van der Waals surface area (Å²) in [7, 11) is 0. The fourth-order valence-electron chi connectivity index (χ4n) is 5.65. The Balaban J connectivity index is 1.13. The normalized spacial score (nSPS) is 31.2. The highest BCUT2D eigenvalue weighted by molar-refractivity contribution is 5.89. The maximum atomic E-state index is 12.2. The number of nitrogens with one attached hydrogen (secondary N) is 1. The average molecular weight is 368 g/mol. The van der Waals surface area contributed by atoms with Gasteiger partial charge in [-0.15, -0.1) is 0 Å². The molecule has 4 aliphatic carbocycles. The van der Waals surface area contributed by atoms with Crippen LogP contribution < -0.4 is 5.32 Å². The van der Waals surface area contributed by atoms with Crippen LogP contribution in [0.25, 0.3) is 11.4 Å². The Hall–Kier alpha value is -2.28. The highest BCUT2D eigenvalue weighted by atomic mass is 16.5. The van der Waals surface area contributed by atoms with E-state index in [4.69, 9.17) is 9.26 Å². The van der Waals surface area contributed by atoms with E-state index in [-0.39, 0.29) is 17.4 Å². The van der Waals surface area contributed by atoms with Gasteiger partial charge in [-0.25, -0.2) is 0 Å². The van der Waals surface area contributed by atoms with Crippen LogP contribution in [0.3, 0.4) is 0 Å². The standard InChI is InChI=1S/C20H24N4O3/c25-18(19-23-17(24-27-19)16-1-3-21-4-2-16)22-5-6-26-20-10-13-7-14(11-20)9-15(8-13)12-20/h1-4,13-15H,5-12H2,(H,22,25). The molecule has 4 saturated carbocycles. The van der Waals surface area contributed by atoms with Crippen molar-refractivity contribution in [2.75, 3.05) is 13.2 Å². The van der Waals surface area contributed by atoms with Crippen molar-refractivity contribution < 1.29 is 14.1 Å². The Morgan fingerprint density at radius 2 is 1.81 bits per heavy atom. The predicted molar refractivity (Wildman–Crippen MR) is 96.7 cm³/mol. The molecule has 0 radical (unpaired) electrons. The number of ether oxygens (including phenoxy) is 1. The zero-order chi connectivity index (χ0) is 18.3. The number of carbonyl (C=O) groups excluding carboxylic acids is 1. The summed E-state index contributed by atoms with van der Waals surface area (Å²) in [5.74, 6) is 2.56. The van der Waals surface area contributed by atoms with Crippen molar-refractivity contribution in [2.45, 2.75) is 44.1 Å². The molecule has 0 atom stereocenters. The van der Waals surface area contributed by atoms with Gasteiger partial charge in [-0.2, -0.15) is 4.98 Å². The average Bonchev–Trinajstić information content (AvgIpc) is 3.15. The molecule has 6 rings (SSSR count). The minimum atomic E-state index is -0.364. The molecule has 0 saturated heterocycles. The van der Waals surface area contributed by atoms with Crippen LogP contribution in [-0.4, -0.2) is 39.8 Å². The molecule has 1 amide bonds. The molecular weight excluding hydrogens is 344 g/mol. The molecule has 27 heavy (non-hydrogen) atoms. The first-order valence-electron chi connectivity index (χ1n) is 9.85. The molecule has 7 nitrogen and oxygen atoms in total. The van der Waals surface area contributed by atoms with E-state index in [0.717, 1.165) is 23.3 Å². The Labute approximate surface area is 157 Å². The maximum absolute atomic E-state index is 12.2. The molecule has 0 aliphatic heterocycles. The highest BCUT2D eigenvalue weighted by Crippen LogP contribution is 2.57. The lowest BCUT2D eigenvalue weighted by atomic mass is 9.54. The van der Waals surface area contributed by atoms with E-state index in [1.54, 1.807) is 24.5 Å². The van der Waals surface area contributed by atoms with Gasteiger partial charge in [0.2, 0.25) is 5.82 Å². The summed E-state index contributed by atoms with van der Waals surface area (Å²) in [5, 5.41) is 6.68. The number of aromatic nitrogens is 3. The van der Waals surface area contributed by atoms with Gasteiger partial charge in [-0.1, -0.05) is 5.16 Å². The molecule has 2 heterocycles. The van der Waals surface area contributed by atoms with Crippen molar-refractivity contribution in [3.63, 3.8) is 0 Å². The van der Waals surface area contributed by atoms with Crippen molar-refractivity contribution >= 4 is 5.91 Å². The highest BCUT2D eigenvalue weighted by Gasteiger charge is 2.51. The molecule has 0 unspecified atom stereocenters. The third-order valence-corrected chi connectivity index (χ3v) is 6.34. The van der Waals surface area contributed by atoms with Crippen LogP contribution in [0.5, 0.6) is 0 Å². The van der Waals surface area contributed by atoms with E-state index >= 15 is 0 Å². The number of pyridine rings is 1. The van der Waals surface area contributed by atoms with Gasteiger partial charge in [0, 0.05) is 24.5 Å². The van der Waals surface area contributed by atoms with Crippen LogP contribution in [0.1, 0.15) is 49.2 Å². The summed E-state index contributed by atoms with van der Waals surface area (Å²) in [6.45, 7) is 0.983. The number of nitrogens with zero attached hydrogens (tertiary/aromatic N) is 3. The van der Waals surface area contributed by atoms with Crippen LogP contribution in [0.15, 0.2) is 29.0 Å². The van der Waals surface area contributed by atoms with E-state index in [2.05, 4.69) is 20.4 Å². The molecule has 0 aromatic carbocycles. The molecule has 4 fully saturated rings. The van der Waals surface area contributed by atoms with Crippen molar-refractivity contribution in [3.05, 3.63) is 30.4 Å². The van der Waals surface area contributed by atoms with Gasteiger partial charge in [0.05, 0.1) is 12.2 Å². The van der Waals surface area contributed by atoms with Crippen molar-refractivity contribution in [1.29, 1.82) is 0 Å². The van der Waals surface area contributed by atoms with Crippen molar-refractivity contribution in [2.24, 2.45) is 17.8 Å². The lowest BCUT2D eigenvalue weighted by molar-refractivity contribution is -0.161. The molecule has 4 bridgehead atoms. The van der Waals surface area contributed by atoms with Gasteiger partial charge < -0.3 is 14.6 Å². The largest absolute Gasteiger partial charge is 0.373 e. The Morgan fingerprint density at radius 3 is 2.48 bits per heavy atom. The minimum absolute atomic E-state index is 0.0309. The summed E-state index contributed by atoms with van der Waals surface area (Å²) >= 11 is 0. The van der Waals surface area contributed by atoms with Gasteiger partial charge in [0.25, 0.3) is 0 Å². The summed E-state index contributed by atoms with van der Waals surface area (Å²) < 4.78 is 11.4. The summed E-state index contributed by atoms with van der Waals surface area (Å²) in [4.78, 5) is 20.3. The monoisotopic (exact) mass is 368 g/mol. The van der Waals surface area contributed by atoms with Gasteiger partial charge in [0.15, 0.2) is 0 Å². The fourth-order valence-corrected chi connectivity index (χ4v) is 5.65. The number of hydrogen-bond donors (Lipinski definition) is 1. The summed E-state index contributed by atoms with van der Waals surface area (Å²) in [6.07, 6.45) is 11.1. The van der Waals surface area contributed by atoms with E-state index in [1.165, 1.54) is 38.5 Å². The van der Waals surface area contributed by atoms with Crippen LogP contribution in [0.4, 0.5) is 0 Å². The minimum Gasteiger partial charge on any atom is -0.373 e. The zero-order valence-electron chi connectivity index (χ0n) is 15.3. The fraction of sp³-hybridized carbons (Fsp3) is 0.600. The Kier molecular flexibility index (Phi) is 4.19. The second kappa shape index (κ2) is 6.71.